The minimum absolute atomic E-state index is 0.0886. The molecule has 0 saturated heterocycles. The van der Waals surface area contributed by atoms with Gasteiger partial charge in [0.25, 0.3) is 0 Å². The Hall–Kier alpha value is -1.33. The van der Waals surface area contributed by atoms with Gasteiger partial charge in [-0.15, -0.1) is 0 Å². The van der Waals surface area contributed by atoms with E-state index in [1.807, 2.05) is 25.1 Å². The molecule has 1 aromatic heterocycles. The van der Waals surface area contributed by atoms with Crippen molar-refractivity contribution in [1.82, 2.24) is 9.97 Å². The Morgan fingerprint density at radius 1 is 1.29 bits per heavy atom. The molecule has 0 saturated carbocycles. The van der Waals surface area contributed by atoms with Crippen LogP contribution >= 0.6 is 11.8 Å². The van der Waals surface area contributed by atoms with Crippen LogP contribution in [0.3, 0.4) is 0 Å². The summed E-state index contributed by atoms with van der Waals surface area (Å²) in [4.78, 5) is 8.45. The van der Waals surface area contributed by atoms with Gasteiger partial charge in [-0.1, -0.05) is 18.7 Å². The molecule has 0 amide bonds. The fourth-order valence-electron chi connectivity index (χ4n) is 1.42. The van der Waals surface area contributed by atoms with Crippen LogP contribution in [-0.2, 0) is 0 Å². The number of nitrogens with two attached hydrogens (primary N) is 1. The Morgan fingerprint density at radius 2 is 2.06 bits per heavy atom. The van der Waals surface area contributed by atoms with Gasteiger partial charge in [0, 0.05) is 16.3 Å². The lowest BCUT2D eigenvalue weighted by atomic mass is 10.2. The monoisotopic (exact) mass is 249 g/mol. The number of nitrogen functional groups attached to an aromatic ring is 1. The van der Waals surface area contributed by atoms with Gasteiger partial charge in [-0.2, -0.15) is 0 Å². The van der Waals surface area contributed by atoms with Crippen LogP contribution in [0.2, 0.25) is 0 Å². The fourth-order valence-corrected chi connectivity index (χ4v) is 2.37. The fraction of sp³-hybridized carbons (Fsp3) is 0.333. The third-order valence-electron chi connectivity index (χ3n) is 2.60. The van der Waals surface area contributed by atoms with Crippen LogP contribution in [0.4, 0.5) is 5.69 Å². The lowest BCUT2D eigenvalue weighted by molar-refractivity contribution is 0.196. The molecule has 0 bridgehead atoms. The summed E-state index contributed by atoms with van der Waals surface area (Å²) in [5.74, 6) is 0. The number of fused-ring (bicyclic) bond motifs is 1. The standard InChI is InChI=1S/C12H15N3OS/c1-7(16)8(2)17-12-10-4-3-9(13)5-11(10)14-6-15-12/h3-8,16H,13H2,1-2H3. The normalized spacial score (nSPS) is 14.8. The molecule has 17 heavy (non-hydrogen) atoms. The summed E-state index contributed by atoms with van der Waals surface area (Å²) in [6.07, 6.45) is 1.15. The van der Waals surface area contributed by atoms with E-state index in [9.17, 15) is 5.11 Å². The molecule has 0 fully saturated rings. The van der Waals surface area contributed by atoms with Crippen LogP contribution in [0, 0.1) is 0 Å². The number of nitrogens with zero attached hydrogens (tertiary/aromatic N) is 2. The average molecular weight is 249 g/mol. The number of benzene rings is 1. The molecule has 2 unspecified atom stereocenters. The lowest BCUT2D eigenvalue weighted by Crippen LogP contribution is -2.15. The summed E-state index contributed by atoms with van der Waals surface area (Å²) in [6.45, 7) is 3.75. The Morgan fingerprint density at radius 3 is 2.76 bits per heavy atom. The van der Waals surface area contributed by atoms with Crippen molar-refractivity contribution in [3.63, 3.8) is 0 Å². The zero-order chi connectivity index (χ0) is 12.4. The zero-order valence-corrected chi connectivity index (χ0v) is 10.6. The molecule has 0 aliphatic carbocycles. The van der Waals surface area contributed by atoms with E-state index >= 15 is 0 Å². The van der Waals surface area contributed by atoms with Gasteiger partial charge in [-0.05, 0) is 25.1 Å². The van der Waals surface area contributed by atoms with E-state index in [2.05, 4.69) is 9.97 Å². The van der Waals surface area contributed by atoms with Gasteiger partial charge in [0.1, 0.15) is 11.4 Å². The number of hydrogen-bond donors (Lipinski definition) is 2. The summed E-state index contributed by atoms with van der Waals surface area (Å²) >= 11 is 1.55. The van der Waals surface area contributed by atoms with Crippen molar-refractivity contribution in [2.75, 3.05) is 5.73 Å². The van der Waals surface area contributed by atoms with Crippen molar-refractivity contribution in [3.8, 4) is 0 Å². The highest BCUT2D eigenvalue weighted by Gasteiger charge is 2.13. The van der Waals surface area contributed by atoms with E-state index in [0.29, 0.717) is 5.69 Å². The molecular formula is C12H15N3OS. The minimum atomic E-state index is -0.376. The van der Waals surface area contributed by atoms with E-state index in [1.165, 1.54) is 6.33 Å². The first kappa shape index (κ1) is 12.1. The highest BCUT2D eigenvalue weighted by Crippen LogP contribution is 2.29. The van der Waals surface area contributed by atoms with E-state index in [0.717, 1.165) is 15.9 Å². The summed E-state index contributed by atoms with van der Waals surface area (Å²) in [5.41, 5.74) is 7.24. The summed E-state index contributed by atoms with van der Waals surface area (Å²) in [7, 11) is 0. The predicted octanol–water partition coefficient (Wildman–Crippen LogP) is 2.07. The molecule has 0 spiro atoms. The van der Waals surface area contributed by atoms with Crippen molar-refractivity contribution in [2.24, 2.45) is 0 Å². The molecule has 2 rings (SSSR count). The summed E-state index contributed by atoms with van der Waals surface area (Å²) in [5, 5.41) is 11.5. The van der Waals surface area contributed by atoms with Crippen molar-refractivity contribution in [2.45, 2.75) is 30.2 Å². The second-order valence-electron chi connectivity index (χ2n) is 4.02. The highest BCUT2D eigenvalue weighted by molar-refractivity contribution is 8.00. The molecule has 0 aliphatic rings. The number of rotatable bonds is 3. The number of thioether (sulfide) groups is 1. The second-order valence-corrected chi connectivity index (χ2v) is 5.38. The van der Waals surface area contributed by atoms with Crippen LogP contribution in [0.1, 0.15) is 13.8 Å². The first-order chi connectivity index (χ1) is 8.08. The molecule has 2 atom stereocenters. The predicted molar refractivity (Wildman–Crippen MR) is 71.0 cm³/mol. The number of aromatic nitrogens is 2. The Bertz CT molecular complexity index is 530. The molecule has 1 heterocycles. The molecule has 2 aromatic rings. The van der Waals surface area contributed by atoms with Crippen LogP contribution in [-0.4, -0.2) is 26.4 Å². The van der Waals surface area contributed by atoms with Gasteiger partial charge in [-0.25, -0.2) is 9.97 Å². The largest absolute Gasteiger partial charge is 0.399 e. The first-order valence-electron chi connectivity index (χ1n) is 5.43. The van der Waals surface area contributed by atoms with E-state index in [-0.39, 0.29) is 11.4 Å². The second kappa shape index (κ2) is 4.89. The minimum Gasteiger partial charge on any atom is -0.399 e. The quantitative estimate of drug-likeness (QED) is 0.495. The number of aliphatic hydroxyl groups is 1. The van der Waals surface area contributed by atoms with Crippen molar-refractivity contribution < 1.29 is 5.11 Å². The molecule has 1 aromatic carbocycles. The van der Waals surface area contributed by atoms with Crippen molar-refractivity contribution in [3.05, 3.63) is 24.5 Å². The Kier molecular flexibility index (Phi) is 3.49. The maximum absolute atomic E-state index is 9.51. The summed E-state index contributed by atoms with van der Waals surface area (Å²) in [6, 6.07) is 5.58. The number of anilines is 1. The molecule has 5 heteroatoms. The van der Waals surface area contributed by atoms with Gasteiger partial charge in [-0.3, -0.25) is 0 Å². The molecular weight excluding hydrogens is 234 g/mol. The molecule has 3 N–H and O–H groups in total. The SMILES string of the molecule is CC(O)C(C)Sc1ncnc2cc(N)ccc12. The van der Waals surface area contributed by atoms with Crippen LogP contribution in [0.25, 0.3) is 10.9 Å². The van der Waals surface area contributed by atoms with Gasteiger partial charge < -0.3 is 10.8 Å². The summed E-state index contributed by atoms with van der Waals surface area (Å²) < 4.78 is 0. The maximum Gasteiger partial charge on any atom is 0.117 e. The molecule has 0 aliphatic heterocycles. The molecule has 4 nitrogen and oxygen atoms in total. The van der Waals surface area contributed by atoms with Crippen LogP contribution < -0.4 is 5.73 Å². The van der Waals surface area contributed by atoms with Gasteiger partial charge in [0.2, 0.25) is 0 Å². The van der Waals surface area contributed by atoms with Crippen LogP contribution in [0.5, 0.6) is 0 Å². The average Bonchev–Trinajstić information content (AvgIpc) is 2.28. The third-order valence-corrected chi connectivity index (χ3v) is 3.92. The Balaban J connectivity index is 2.41. The van der Waals surface area contributed by atoms with E-state index in [1.54, 1.807) is 18.7 Å². The van der Waals surface area contributed by atoms with Gasteiger partial charge in [0.15, 0.2) is 0 Å². The molecule has 90 valence electrons. The molecule has 0 radical (unpaired) electrons. The van der Waals surface area contributed by atoms with Crippen LogP contribution in [0.15, 0.2) is 29.6 Å². The maximum atomic E-state index is 9.51. The van der Waals surface area contributed by atoms with E-state index < -0.39 is 0 Å². The smallest absolute Gasteiger partial charge is 0.117 e. The first-order valence-corrected chi connectivity index (χ1v) is 6.31. The third kappa shape index (κ3) is 2.68. The van der Waals surface area contributed by atoms with Crippen molar-refractivity contribution in [1.29, 1.82) is 0 Å². The number of hydrogen-bond acceptors (Lipinski definition) is 5. The van der Waals surface area contributed by atoms with Crippen molar-refractivity contribution >= 4 is 28.4 Å². The lowest BCUT2D eigenvalue weighted by Gasteiger charge is -2.14. The zero-order valence-electron chi connectivity index (χ0n) is 9.79. The Labute approximate surface area is 104 Å². The van der Waals surface area contributed by atoms with Gasteiger partial charge >= 0.3 is 0 Å². The van der Waals surface area contributed by atoms with E-state index in [4.69, 9.17) is 5.73 Å². The topological polar surface area (TPSA) is 72.0 Å². The number of aliphatic hydroxyl groups excluding tert-OH is 1. The van der Waals surface area contributed by atoms with Gasteiger partial charge in [0.05, 0.1) is 11.6 Å². The highest BCUT2D eigenvalue weighted by atomic mass is 32.2.